The van der Waals surface area contributed by atoms with E-state index in [0.29, 0.717) is 8.58 Å². The Morgan fingerprint density at radius 2 is 1.94 bits per heavy atom. The number of nitrogens with zero attached hydrogens (tertiary/aromatic N) is 1. The van der Waals surface area contributed by atoms with Gasteiger partial charge in [0.25, 0.3) is 0 Å². The molecule has 1 heterocycles. The van der Waals surface area contributed by atoms with Crippen LogP contribution in [0, 0.1) is 3.70 Å². The van der Waals surface area contributed by atoms with E-state index in [9.17, 15) is 9.90 Å². The summed E-state index contributed by atoms with van der Waals surface area (Å²) in [6.07, 6.45) is 0. The van der Waals surface area contributed by atoms with Gasteiger partial charge in [0.05, 0.1) is 10.8 Å². The number of rotatable bonds is 2. The summed E-state index contributed by atoms with van der Waals surface area (Å²) in [5.74, 6) is -1.17. The van der Waals surface area contributed by atoms with E-state index in [1.807, 2.05) is 52.9 Å². The van der Waals surface area contributed by atoms with Crippen molar-refractivity contribution in [2.45, 2.75) is 0 Å². The number of carbonyl (C=O) groups is 1. The Labute approximate surface area is 126 Å². The molecule has 1 aromatic carbocycles. The molecule has 0 unspecified atom stereocenters. The van der Waals surface area contributed by atoms with E-state index >= 15 is 0 Å². The predicted molar refractivity (Wildman–Crippen MR) is 64.6 cm³/mol. The summed E-state index contributed by atoms with van der Waals surface area (Å²) in [7, 11) is 0. The summed E-state index contributed by atoms with van der Waals surface area (Å²) in [6.45, 7) is 0. The van der Waals surface area contributed by atoms with Gasteiger partial charge in [0.15, 0.2) is 0 Å². The number of carboxylic acid groups (broad SMARTS) is 1. The Balaban J connectivity index is 0.00000128. The van der Waals surface area contributed by atoms with Crippen LogP contribution in [0.1, 0.15) is 10.4 Å². The van der Waals surface area contributed by atoms with Gasteiger partial charge in [-0.25, -0.2) is 0 Å². The number of hydrogen-bond donors (Lipinski definition) is 0. The number of hydrogen-bond acceptors (Lipinski definition) is 4. The molecule has 2 rings (SSSR count). The molecule has 2 aromatic rings. The van der Waals surface area contributed by atoms with Crippen molar-refractivity contribution in [2.24, 2.45) is 0 Å². The molecule has 0 saturated heterocycles. The van der Waals surface area contributed by atoms with Crippen molar-refractivity contribution in [3.05, 3.63) is 39.6 Å². The first-order valence-electron chi connectivity index (χ1n) is 4.12. The zero-order chi connectivity index (χ0) is 10.8. The number of benzene rings is 1. The second-order valence-corrected chi connectivity index (χ2v) is 4.63. The maximum atomic E-state index is 10.9. The smallest absolute Gasteiger partial charge is 0.545 e. The Kier molecular flexibility index (Phi) is 5.13. The standard InChI is InChI=1S/C10H6INO2S.Ag/c11-9-7(10(13)14)8(15-12-9)6-4-2-1-3-5-6;/h1-5H,(H,13,14);/q;+1/p-1. The van der Waals surface area contributed by atoms with Crippen LogP contribution in [0.5, 0.6) is 0 Å². The first kappa shape index (κ1) is 13.9. The third kappa shape index (κ3) is 2.72. The number of aromatic nitrogens is 1. The Hall–Kier alpha value is -0.210. The molecule has 0 atom stereocenters. The van der Waals surface area contributed by atoms with Crippen LogP contribution >= 0.6 is 34.1 Å². The zero-order valence-corrected chi connectivity index (χ0v) is 12.2. The van der Waals surface area contributed by atoms with Crippen LogP contribution in [0.15, 0.2) is 30.3 Å². The Bertz CT molecular complexity index is 501. The predicted octanol–water partition coefficient (Wildman–Crippen LogP) is 1.78. The number of carboxylic acids is 1. The molecule has 0 saturated carbocycles. The topological polar surface area (TPSA) is 53.0 Å². The molecule has 6 heteroatoms. The Morgan fingerprint density at radius 1 is 1.31 bits per heavy atom. The molecule has 0 N–H and O–H groups in total. The van der Waals surface area contributed by atoms with Crippen molar-refractivity contribution in [1.29, 1.82) is 0 Å². The Morgan fingerprint density at radius 3 is 2.50 bits per heavy atom. The van der Waals surface area contributed by atoms with Crippen LogP contribution in [0.4, 0.5) is 0 Å². The molecule has 0 aliphatic heterocycles. The fourth-order valence-corrected chi connectivity index (χ4v) is 2.98. The van der Waals surface area contributed by atoms with Gasteiger partial charge < -0.3 is 9.90 Å². The first-order valence-corrected chi connectivity index (χ1v) is 5.97. The van der Waals surface area contributed by atoms with Crippen LogP contribution in [0.25, 0.3) is 10.4 Å². The third-order valence-corrected chi connectivity index (χ3v) is 3.89. The van der Waals surface area contributed by atoms with Crippen LogP contribution in [0.3, 0.4) is 0 Å². The average Bonchev–Trinajstić information content (AvgIpc) is 2.61. The molecule has 0 spiro atoms. The van der Waals surface area contributed by atoms with Crippen molar-refractivity contribution in [1.82, 2.24) is 4.37 Å². The summed E-state index contributed by atoms with van der Waals surface area (Å²) in [5.41, 5.74) is 1.05. The van der Waals surface area contributed by atoms with Gasteiger partial charge in [-0.2, -0.15) is 4.37 Å². The molecule has 0 bridgehead atoms. The van der Waals surface area contributed by atoms with Crippen LogP contribution in [-0.4, -0.2) is 10.3 Å². The molecule has 0 fully saturated rings. The maximum Gasteiger partial charge on any atom is 1.00 e. The quantitative estimate of drug-likeness (QED) is 0.531. The van der Waals surface area contributed by atoms with E-state index in [-0.39, 0.29) is 27.9 Å². The number of halogens is 1. The van der Waals surface area contributed by atoms with Crippen molar-refractivity contribution < 1.29 is 32.3 Å². The monoisotopic (exact) mass is 437 g/mol. The van der Waals surface area contributed by atoms with Gasteiger partial charge in [0, 0.05) is 5.56 Å². The van der Waals surface area contributed by atoms with Crippen LogP contribution in [-0.2, 0) is 22.4 Å². The third-order valence-electron chi connectivity index (χ3n) is 1.89. The van der Waals surface area contributed by atoms with Gasteiger partial charge in [-0.05, 0) is 39.7 Å². The largest absolute Gasteiger partial charge is 1.00 e. The molecule has 0 aliphatic carbocycles. The number of carbonyl (C=O) groups excluding carboxylic acids is 1. The molecule has 0 amide bonds. The number of aromatic carboxylic acids is 1. The van der Waals surface area contributed by atoms with Gasteiger partial charge in [-0.3, -0.25) is 0 Å². The summed E-state index contributed by atoms with van der Waals surface area (Å²) in [4.78, 5) is 11.6. The minimum absolute atomic E-state index is 0. The molecule has 1 aromatic heterocycles. The second-order valence-electron chi connectivity index (χ2n) is 2.83. The average molecular weight is 438 g/mol. The summed E-state index contributed by atoms with van der Waals surface area (Å²) in [5, 5.41) is 10.9. The van der Waals surface area contributed by atoms with E-state index in [1.54, 1.807) is 0 Å². The van der Waals surface area contributed by atoms with E-state index in [0.717, 1.165) is 5.56 Å². The van der Waals surface area contributed by atoms with Gasteiger partial charge in [-0.15, -0.1) is 0 Å². The molecule has 0 aliphatic rings. The van der Waals surface area contributed by atoms with Gasteiger partial charge in [0.2, 0.25) is 0 Å². The van der Waals surface area contributed by atoms with Gasteiger partial charge >= 0.3 is 22.4 Å². The van der Waals surface area contributed by atoms with Crippen LogP contribution in [0.2, 0.25) is 0 Å². The van der Waals surface area contributed by atoms with Crippen LogP contribution < -0.4 is 5.11 Å². The SMILES string of the molecule is O=C([O-])c1c(I)nsc1-c1ccccc1.[Ag+]. The van der Waals surface area contributed by atoms with Crippen molar-refractivity contribution in [3.63, 3.8) is 0 Å². The van der Waals surface area contributed by atoms with E-state index in [1.165, 1.54) is 11.5 Å². The molecule has 3 nitrogen and oxygen atoms in total. The maximum absolute atomic E-state index is 10.9. The fourth-order valence-electron chi connectivity index (χ4n) is 1.23. The summed E-state index contributed by atoms with van der Waals surface area (Å²) < 4.78 is 4.50. The van der Waals surface area contributed by atoms with Crippen molar-refractivity contribution in [3.8, 4) is 10.4 Å². The van der Waals surface area contributed by atoms with Gasteiger partial charge in [0.1, 0.15) is 3.70 Å². The molecular formula is C10H5AgINO2S. The van der Waals surface area contributed by atoms with E-state index in [4.69, 9.17) is 0 Å². The molecule has 16 heavy (non-hydrogen) atoms. The molecular weight excluding hydrogens is 433 g/mol. The molecule has 86 valence electrons. The molecule has 0 radical (unpaired) electrons. The normalized spacial score (nSPS) is 9.56. The fraction of sp³-hybridized carbons (Fsp3) is 0. The van der Waals surface area contributed by atoms with Crippen molar-refractivity contribution >= 4 is 40.1 Å². The zero-order valence-electron chi connectivity index (χ0n) is 7.74. The second kappa shape index (κ2) is 5.92. The minimum Gasteiger partial charge on any atom is -0.545 e. The summed E-state index contributed by atoms with van der Waals surface area (Å²) >= 11 is 3.08. The van der Waals surface area contributed by atoms with Gasteiger partial charge in [-0.1, -0.05) is 30.3 Å². The van der Waals surface area contributed by atoms with E-state index in [2.05, 4.69) is 4.37 Å². The summed E-state index contributed by atoms with van der Waals surface area (Å²) in [6, 6.07) is 9.32. The van der Waals surface area contributed by atoms with E-state index < -0.39 is 5.97 Å². The minimum atomic E-state index is -1.17. The van der Waals surface area contributed by atoms with Crippen molar-refractivity contribution in [2.75, 3.05) is 0 Å². The first-order chi connectivity index (χ1) is 7.20.